The Morgan fingerprint density at radius 1 is 1.64 bits per heavy atom. The number of aromatic nitrogens is 1. The van der Waals surface area contributed by atoms with Gasteiger partial charge in [0.2, 0.25) is 0 Å². The maximum absolute atomic E-state index is 3.51. The van der Waals surface area contributed by atoms with Gasteiger partial charge in [-0.3, -0.25) is 0 Å². The quantitative estimate of drug-likeness (QED) is 0.692. The lowest BCUT2D eigenvalue weighted by Gasteiger charge is -2.14. The fraction of sp³-hybridized carbons (Fsp3) is 0.500. The molecule has 0 fully saturated rings. The Morgan fingerprint density at radius 3 is 3.18 bits per heavy atom. The summed E-state index contributed by atoms with van der Waals surface area (Å²) in [5.74, 6) is 0. The first-order valence-corrected chi connectivity index (χ1v) is 4.62. The highest BCUT2D eigenvalue weighted by Crippen LogP contribution is 2.21. The standard InChI is InChI=1S/C8H11BrN2/c1-11-7-2-3-10-5-6(7)4-8(11)9/h4,10H,2-3,5H2,1H3. The van der Waals surface area contributed by atoms with Crippen LogP contribution in [0, 0.1) is 0 Å². The summed E-state index contributed by atoms with van der Waals surface area (Å²) in [6, 6.07) is 2.20. The molecule has 2 heterocycles. The van der Waals surface area contributed by atoms with Gasteiger partial charge in [-0.25, -0.2) is 0 Å². The molecular formula is C8H11BrN2. The molecule has 0 aliphatic carbocycles. The molecule has 0 unspecified atom stereocenters. The summed E-state index contributed by atoms with van der Waals surface area (Å²) in [6.07, 6.45) is 1.15. The lowest BCUT2D eigenvalue weighted by atomic mass is 10.1. The molecule has 11 heavy (non-hydrogen) atoms. The largest absolute Gasteiger partial charge is 0.342 e. The zero-order chi connectivity index (χ0) is 7.84. The van der Waals surface area contributed by atoms with Gasteiger partial charge >= 0.3 is 0 Å². The van der Waals surface area contributed by atoms with Crippen LogP contribution in [0.3, 0.4) is 0 Å². The van der Waals surface area contributed by atoms with Crippen LogP contribution in [0.4, 0.5) is 0 Å². The molecule has 0 spiro atoms. The van der Waals surface area contributed by atoms with E-state index in [0.717, 1.165) is 19.5 Å². The Kier molecular flexibility index (Phi) is 1.77. The van der Waals surface area contributed by atoms with Gasteiger partial charge in [-0.05, 0) is 27.6 Å². The average Bonchev–Trinajstić information content (AvgIpc) is 2.30. The van der Waals surface area contributed by atoms with E-state index in [4.69, 9.17) is 0 Å². The van der Waals surface area contributed by atoms with Crippen LogP contribution in [0.2, 0.25) is 0 Å². The highest BCUT2D eigenvalue weighted by Gasteiger charge is 2.13. The van der Waals surface area contributed by atoms with E-state index in [2.05, 4.69) is 38.9 Å². The van der Waals surface area contributed by atoms with Crippen molar-refractivity contribution in [2.45, 2.75) is 13.0 Å². The average molecular weight is 215 g/mol. The lowest BCUT2D eigenvalue weighted by Crippen LogP contribution is -2.24. The molecule has 2 nitrogen and oxygen atoms in total. The molecule has 2 rings (SSSR count). The van der Waals surface area contributed by atoms with Crippen LogP contribution in [0.15, 0.2) is 10.7 Å². The first-order chi connectivity index (χ1) is 5.29. The van der Waals surface area contributed by atoms with Gasteiger partial charge in [0.15, 0.2) is 0 Å². The number of fused-ring (bicyclic) bond motifs is 1. The number of rotatable bonds is 0. The van der Waals surface area contributed by atoms with Gasteiger partial charge in [0, 0.05) is 32.3 Å². The highest BCUT2D eigenvalue weighted by molar-refractivity contribution is 9.10. The minimum Gasteiger partial charge on any atom is -0.342 e. The number of hydrogen-bond acceptors (Lipinski definition) is 1. The molecule has 60 valence electrons. The summed E-state index contributed by atoms with van der Waals surface area (Å²) in [7, 11) is 2.11. The van der Waals surface area contributed by atoms with Crippen LogP contribution >= 0.6 is 15.9 Å². The van der Waals surface area contributed by atoms with Crippen LogP contribution in [0.5, 0.6) is 0 Å². The van der Waals surface area contributed by atoms with Crippen molar-refractivity contribution in [1.82, 2.24) is 9.88 Å². The predicted octanol–water partition coefficient (Wildman–Crippen LogP) is 1.43. The minimum atomic E-state index is 1.02. The van der Waals surface area contributed by atoms with E-state index >= 15 is 0 Å². The summed E-state index contributed by atoms with van der Waals surface area (Å²) in [4.78, 5) is 0. The van der Waals surface area contributed by atoms with Gasteiger partial charge in [-0.15, -0.1) is 0 Å². The van der Waals surface area contributed by atoms with Crippen molar-refractivity contribution in [2.75, 3.05) is 6.54 Å². The normalized spacial score (nSPS) is 16.5. The van der Waals surface area contributed by atoms with Crippen molar-refractivity contribution >= 4 is 15.9 Å². The molecule has 1 aliphatic heterocycles. The van der Waals surface area contributed by atoms with Crippen LogP contribution in [0.1, 0.15) is 11.3 Å². The summed E-state index contributed by atoms with van der Waals surface area (Å²) in [5, 5.41) is 3.35. The van der Waals surface area contributed by atoms with Crippen molar-refractivity contribution in [1.29, 1.82) is 0 Å². The molecule has 0 amide bonds. The molecule has 0 saturated carbocycles. The molecule has 0 bridgehead atoms. The van der Waals surface area contributed by atoms with Crippen molar-refractivity contribution < 1.29 is 0 Å². The van der Waals surface area contributed by atoms with E-state index in [1.807, 2.05) is 0 Å². The van der Waals surface area contributed by atoms with Crippen LogP contribution in [-0.2, 0) is 20.0 Å². The summed E-state index contributed by atoms with van der Waals surface area (Å²) in [6.45, 7) is 2.13. The molecule has 0 aromatic carbocycles. The molecule has 0 saturated heterocycles. The zero-order valence-electron chi connectivity index (χ0n) is 6.52. The minimum absolute atomic E-state index is 1.02. The monoisotopic (exact) mass is 214 g/mol. The Hall–Kier alpha value is -0.280. The van der Waals surface area contributed by atoms with Gasteiger partial charge in [-0.2, -0.15) is 0 Å². The number of nitrogens with zero attached hydrogens (tertiary/aromatic N) is 1. The fourth-order valence-corrected chi connectivity index (χ4v) is 2.07. The van der Waals surface area contributed by atoms with Crippen molar-refractivity contribution in [3.63, 3.8) is 0 Å². The van der Waals surface area contributed by atoms with E-state index in [1.165, 1.54) is 15.9 Å². The third kappa shape index (κ3) is 1.12. The molecule has 1 aliphatic rings. The second-order valence-corrected chi connectivity index (χ2v) is 3.74. The van der Waals surface area contributed by atoms with Gasteiger partial charge in [0.1, 0.15) is 0 Å². The fourth-order valence-electron chi connectivity index (χ4n) is 1.58. The summed E-state index contributed by atoms with van der Waals surface area (Å²) in [5.41, 5.74) is 2.90. The molecule has 1 aromatic heterocycles. The third-order valence-corrected chi connectivity index (χ3v) is 3.00. The second kappa shape index (κ2) is 2.64. The van der Waals surface area contributed by atoms with Gasteiger partial charge < -0.3 is 9.88 Å². The van der Waals surface area contributed by atoms with E-state index in [1.54, 1.807) is 0 Å². The smallest absolute Gasteiger partial charge is 0.0849 e. The maximum atomic E-state index is 3.51. The first kappa shape index (κ1) is 7.37. The number of nitrogens with one attached hydrogen (secondary N) is 1. The number of halogens is 1. The SMILES string of the molecule is Cn1c(Br)cc2c1CCNC2. The lowest BCUT2D eigenvalue weighted by molar-refractivity contribution is 0.617. The third-order valence-electron chi connectivity index (χ3n) is 2.24. The van der Waals surface area contributed by atoms with E-state index in [9.17, 15) is 0 Å². The van der Waals surface area contributed by atoms with Crippen LogP contribution in [-0.4, -0.2) is 11.1 Å². The molecule has 1 aromatic rings. The summed E-state index contributed by atoms with van der Waals surface area (Å²) >= 11 is 3.51. The van der Waals surface area contributed by atoms with Crippen LogP contribution < -0.4 is 5.32 Å². The molecule has 3 heteroatoms. The topological polar surface area (TPSA) is 17.0 Å². The van der Waals surface area contributed by atoms with E-state index in [-0.39, 0.29) is 0 Å². The Bertz CT molecular complexity index is 278. The first-order valence-electron chi connectivity index (χ1n) is 3.82. The van der Waals surface area contributed by atoms with Gasteiger partial charge in [0.25, 0.3) is 0 Å². The van der Waals surface area contributed by atoms with Crippen molar-refractivity contribution in [3.8, 4) is 0 Å². The molecule has 1 N–H and O–H groups in total. The van der Waals surface area contributed by atoms with Crippen molar-refractivity contribution in [3.05, 3.63) is 21.9 Å². The van der Waals surface area contributed by atoms with Crippen molar-refractivity contribution in [2.24, 2.45) is 7.05 Å². The van der Waals surface area contributed by atoms with Gasteiger partial charge in [0.05, 0.1) is 4.60 Å². The maximum Gasteiger partial charge on any atom is 0.0849 e. The second-order valence-electron chi connectivity index (χ2n) is 2.92. The molecular weight excluding hydrogens is 204 g/mol. The van der Waals surface area contributed by atoms with E-state index in [0.29, 0.717) is 0 Å². The Labute approximate surface area is 74.7 Å². The van der Waals surface area contributed by atoms with Crippen LogP contribution in [0.25, 0.3) is 0 Å². The molecule has 0 radical (unpaired) electrons. The predicted molar refractivity (Wildman–Crippen MR) is 48.5 cm³/mol. The van der Waals surface area contributed by atoms with E-state index < -0.39 is 0 Å². The highest BCUT2D eigenvalue weighted by atomic mass is 79.9. The zero-order valence-corrected chi connectivity index (χ0v) is 8.11. The van der Waals surface area contributed by atoms with Gasteiger partial charge in [-0.1, -0.05) is 0 Å². The molecule has 0 atom stereocenters. The summed E-state index contributed by atoms with van der Waals surface area (Å²) < 4.78 is 3.40. The number of hydrogen-bond donors (Lipinski definition) is 1. The Balaban J connectivity index is 2.50. The Morgan fingerprint density at radius 2 is 2.45 bits per heavy atom.